The summed E-state index contributed by atoms with van der Waals surface area (Å²) in [6.07, 6.45) is 0.139. The summed E-state index contributed by atoms with van der Waals surface area (Å²) in [5.41, 5.74) is 1.43. The Balaban J connectivity index is 1.88. The average Bonchev–Trinajstić information content (AvgIpc) is 2.95. The molecule has 0 spiro atoms. The minimum Gasteiger partial charge on any atom is -0.479 e. The van der Waals surface area contributed by atoms with Crippen molar-refractivity contribution in [2.45, 2.75) is 6.42 Å². The maximum Gasteiger partial charge on any atom is 0.417 e. The lowest BCUT2D eigenvalue weighted by atomic mass is 10.1. The van der Waals surface area contributed by atoms with Crippen LogP contribution in [0.25, 0.3) is 11.1 Å². The second kappa shape index (κ2) is 4.14. The quantitative estimate of drug-likeness (QED) is 0.822. The highest BCUT2D eigenvalue weighted by atomic mass is 16.5. The van der Waals surface area contributed by atoms with E-state index in [1.165, 1.54) is 0 Å². The molecule has 1 aromatic heterocycles. The largest absolute Gasteiger partial charge is 0.479 e. The number of aromatic nitrogens is 1. The molecule has 1 N–H and O–H groups in total. The van der Waals surface area contributed by atoms with Crippen LogP contribution in [0.1, 0.15) is 16.8 Å². The first-order valence-electron chi connectivity index (χ1n) is 5.54. The summed E-state index contributed by atoms with van der Waals surface area (Å²) in [5.74, 6) is -0.171. The van der Waals surface area contributed by atoms with E-state index in [0.717, 1.165) is 0 Å². The molecule has 0 saturated heterocycles. The summed E-state index contributed by atoms with van der Waals surface area (Å²) < 4.78 is 10.1. The van der Waals surface area contributed by atoms with Gasteiger partial charge in [-0.25, -0.2) is 4.79 Å². The van der Waals surface area contributed by atoms with E-state index in [2.05, 4.69) is 9.98 Å². The van der Waals surface area contributed by atoms with Crippen LogP contribution in [0.15, 0.2) is 32.4 Å². The average molecular weight is 246 g/mol. The number of fused-ring (bicyclic) bond motifs is 1. The summed E-state index contributed by atoms with van der Waals surface area (Å²) in [7, 11) is 0. The molecule has 3 rings (SSSR count). The summed E-state index contributed by atoms with van der Waals surface area (Å²) in [6, 6.07) is 4.83. The third-order valence-electron chi connectivity index (χ3n) is 2.70. The molecule has 1 aliphatic rings. The van der Waals surface area contributed by atoms with Crippen LogP contribution in [0.5, 0.6) is 0 Å². The number of Topliss-reactive ketones (excluding diaryl/α,β-unsaturated/α-hetero) is 1. The first-order valence-corrected chi connectivity index (χ1v) is 5.54. The van der Waals surface area contributed by atoms with Crippen LogP contribution in [0.3, 0.4) is 0 Å². The van der Waals surface area contributed by atoms with Gasteiger partial charge in [0.2, 0.25) is 0 Å². The smallest absolute Gasteiger partial charge is 0.417 e. The number of benzene rings is 1. The minimum atomic E-state index is -0.530. The first kappa shape index (κ1) is 10.8. The SMILES string of the molecule is O=C(CC1=NCCO1)c1ccc2[nH]c(=O)oc2c1. The van der Waals surface area contributed by atoms with Crippen molar-refractivity contribution in [2.24, 2.45) is 4.99 Å². The van der Waals surface area contributed by atoms with Crippen molar-refractivity contribution >= 4 is 22.8 Å². The third-order valence-corrected chi connectivity index (χ3v) is 2.70. The molecule has 6 heteroatoms. The number of hydrogen-bond acceptors (Lipinski definition) is 5. The topological polar surface area (TPSA) is 84.7 Å². The summed E-state index contributed by atoms with van der Waals surface area (Å²) in [6.45, 7) is 1.14. The standard InChI is InChI=1S/C12H10N2O4/c15-9(6-11-13-3-4-17-11)7-1-2-8-10(5-7)18-12(16)14-8/h1-2,5H,3-4,6H2,(H,14,16). The zero-order valence-corrected chi connectivity index (χ0v) is 9.43. The maximum absolute atomic E-state index is 12.0. The lowest BCUT2D eigenvalue weighted by molar-refractivity contribution is 0.0994. The highest BCUT2D eigenvalue weighted by Crippen LogP contribution is 2.14. The van der Waals surface area contributed by atoms with Crippen molar-refractivity contribution in [1.29, 1.82) is 0 Å². The zero-order chi connectivity index (χ0) is 12.5. The van der Waals surface area contributed by atoms with Gasteiger partial charge in [-0.15, -0.1) is 0 Å². The molecule has 2 aromatic rings. The molecule has 0 aliphatic carbocycles. The Morgan fingerprint density at radius 2 is 2.33 bits per heavy atom. The van der Waals surface area contributed by atoms with Gasteiger partial charge in [-0.3, -0.25) is 14.8 Å². The molecule has 92 valence electrons. The van der Waals surface area contributed by atoms with E-state index in [-0.39, 0.29) is 12.2 Å². The van der Waals surface area contributed by atoms with Crippen LogP contribution in [-0.4, -0.2) is 29.8 Å². The third kappa shape index (κ3) is 1.92. The Morgan fingerprint density at radius 3 is 3.11 bits per heavy atom. The Morgan fingerprint density at radius 1 is 1.44 bits per heavy atom. The van der Waals surface area contributed by atoms with Crippen LogP contribution in [0, 0.1) is 0 Å². The molecule has 6 nitrogen and oxygen atoms in total. The molecule has 0 saturated carbocycles. The van der Waals surface area contributed by atoms with Gasteiger partial charge in [-0.05, 0) is 18.2 Å². The van der Waals surface area contributed by atoms with Crippen LogP contribution in [0.2, 0.25) is 0 Å². The summed E-state index contributed by atoms with van der Waals surface area (Å²) in [5, 5.41) is 0. The van der Waals surface area contributed by atoms with E-state index < -0.39 is 5.76 Å². The number of nitrogens with one attached hydrogen (secondary N) is 1. The van der Waals surface area contributed by atoms with E-state index in [1.54, 1.807) is 18.2 Å². The van der Waals surface area contributed by atoms with E-state index in [0.29, 0.717) is 35.7 Å². The van der Waals surface area contributed by atoms with E-state index in [4.69, 9.17) is 9.15 Å². The number of carbonyl (C=O) groups excluding carboxylic acids is 1. The van der Waals surface area contributed by atoms with Gasteiger partial charge in [0.05, 0.1) is 18.5 Å². The van der Waals surface area contributed by atoms with Gasteiger partial charge in [0, 0.05) is 5.56 Å². The fourth-order valence-electron chi connectivity index (χ4n) is 1.84. The van der Waals surface area contributed by atoms with E-state index in [9.17, 15) is 9.59 Å². The number of carbonyl (C=O) groups is 1. The van der Waals surface area contributed by atoms with Gasteiger partial charge in [0.15, 0.2) is 17.3 Å². The summed E-state index contributed by atoms with van der Waals surface area (Å²) >= 11 is 0. The molecular formula is C12H10N2O4. The number of nitrogens with zero attached hydrogens (tertiary/aromatic N) is 1. The number of ketones is 1. The maximum atomic E-state index is 12.0. The highest BCUT2D eigenvalue weighted by Gasteiger charge is 2.15. The van der Waals surface area contributed by atoms with Gasteiger partial charge in [0.1, 0.15) is 6.61 Å². The van der Waals surface area contributed by atoms with Crippen molar-refractivity contribution < 1.29 is 13.9 Å². The number of oxazole rings is 1. The van der Waals surface area contributed by atoms with Crippen LogP contribution >= 0.6 is 0 Å². The monoisotopic (exact) mass is 246 g/mol. The molecule has 2 heterocycles. The van der Waals surface area contributed by atoms with Crippen LogP contribution in [-0.2, 0) is 4.74 Å². The Labute approximate surface area is 101 Å². The van der Waals surface area contributed by atoms with Gasteiger partial charge in [-0.1, -0.05) is 0 Å². The molecule has 18 heavy (non-hydrogen) atoms. The predicted octanol–water partition coefficient (Wildman–Crippen LogP) is 1.12. The molecule has 0 unspecified atom stereocenters. The minimum absolute atomic E-state index is 0.110. The van der Waals surface area contributed by atoms with Crippen molar-refractivity contribution in [3.8, 4) is 0 Å². The number of ether oxygens (including phenoxy) is 1. The molecule has 0 amide bonds. The number of H-pyrrole nitrogens is 1. The van der Waals surface area contributed by atoms with Crippen molar-refractivity contribution in [3.63, 3.8) is 0 Å². The lowest BCUT2D eigenvalue weighted by Gasteiger charge is -2.01. The van der Waals surface area contributed by atoms with Gasteiger partial charge >= 0.3 is 5.76 Å². The highest BCUT2D eigenvalue weighted by molar-refractivity contribution is 6.08. The Hall–Kier alpha value is -2.37. The molecular weight excluding hydrogens is 236 g/mol. The number of aliphatic imine (C=N–C) groups is 1. The van der Waals surface area contributed by atoms with Crippen LogP contribution in [0.4, 0.5) is 0 Å². The van der Waals surface area contributed by atoms with Gasteiger partial charge < -0.3 is 9.15 Å². The Kier molecular flexibility index (Phi) is 2.47. The molecule has 1 aliphatic heterocycles. The summed E-state index contributed by atoms with van der Waals surface area (Å²) in [4.78, 5) is 29.5. The molecule has 0 bridgehead atoms. The fourth-order valence-corrected chi connectivity index (χ4v) is 1.84. The lowest BCUT2D eigenvalue weighted by Crippen LogP contribution is -2.08. The normalized spacial score (nSPS) is 14.6. The van der Waals surface area contributed by atoms with Crippen LogP contribution < -0.4 is 5.76 Å². The predicted molar refractivity (Wildman–Crippen MR) is 64.0 cm³/mol. The van der Waals surface area contributed by atoms with E-state index in [1.807, 2.05) is 0 Å². The van der Waals surface area contributed by atoms with Crippen molar-refractivity contribution in [3.05, 3.63) is 34.3 Å². The number of aromatic amines is 1. The van der Waals surface area contributed by atoms with E-state index >= 15 is 0 Å². The Bertz CT molecular complexity index is 695. The molecule has 0 radical (unpaired) electrons. The number of hydrogen-bond donors (Lipinski definition) is 1. The molecule has 1 aromatic carbocycles. The van der Waals surface area contributed by atoms with Crippen molar-refractivity contribution in [2.75, 3.05) is 13.2 Å². The van der Waals surface area contributed by atoms with Gasteiger partial charge in [0.25, 0.3) is 0 Å². The molecule has 0 atom stereocenters. The fraction of sp³-hybridized carbons (Fsp3) is 0.250. The number of rotatable bonds is 3. The first-order chi connectivity index (χ1) is 8.72. The second-order valence-electron chi connectivity index (χ2n) is 3.95. The van der Waals surface area contributed by atoms with Gasteiger partial charge in [-0.2, -0.15) is 0 Å². The zero-order valence-electron chi connectivity index (χ0n) is 9.43. The van der Waals surface area contributed by atoms with Crippen molar-refractivity contribution in [1.82, 2.24) is 4.98 Å². The second-order valence-corrected chi connectivity index (χ2v) is 3.95. The molecule has 0 fully saturated rings.